The van der Waals surface area contributed by atoms with Crippen LogP contribution < -0.4 is 0 Å². The number of halogens is 1. The van der Waals surface area contributed by atoms with Gasteiger partial charge in [0.1, 0.15) is 0 Å². The molecule has 1 unspecified atom stereocenters. The predicted molar refractivity (Wildman–Crippen MR) is 92.1 cm³/mol. The molecule has 1 atom stereocenters. The van der Waals surface area contributed by atoms with Gasteiger partial charge in [0.2, 0.25) is 0 Å². The van der Waals surface area contributed by atoms with Gasteiger partial charge < -0.3 is 4.90 Å². The van der Waals surface area contributed by atoms with Crippen molar-refractivity contribution in [2.24, 2.45) is 0 Å². The largest absolute Gasteiger partial charge is 0.337 e. The second-order valence-electron chi connectivity index (χ2n) is 5.50. The summed E-state index contributed by atoms with van der Waals surface area (Å²) in [5, 5.41) is -0.545. The first-order chi connectivity index (χ1) is 11.0. The van der Waals surface area contributed by atoms with Gasteiger partial charge in [-0.15, -0.1) is 0 Å². The van der Waals surface area contributed by atoms with Crippen LogP contribution in [0.4, 0.5) is 0 Å². The molecule has 1 aliphatic heterocycles. The maximum Gasteiger partial charge on any atom is 0.255 e. The third-order valence-electron chi connectivity index (χ3n) is 4.05. The summed E-state index contributed by atoms with van der Waals surface area (Å²) in [6.07, 6.45) is 0.466. The molecule has 23 heavy (non-hydrogen) atoms. The fourth-order valence-corrected chi connectivity index (χ4v) is 4.94. The van der Waals surface area contributed by atoms with E-state index in [1.807, 2.05) is 12.1 Å². The number of nitrogens with zero attached hydrogens (tertiary/aromatic N) is 1. The van der Waals surface area contributed by atoms with E-state index in [0.717, 1.165) is 4.47 Å². The van der Waals surface area contributed by atoms with Crippen molar-refractivity contribution < 1.29 is 13.2 Å². The number of hydrogen-bond donors (Lipinski definition) is 0. The summed E-state index contributed by atoms with van der Waals surface area (Å²) in [5.41, 5.74) is 0.560. The van der Waals surface area contributed by atoms with E-state index >= 15 is 0 Å². The second kappa shape index (κ2) is 6.45. The highest BCUT2D eigenvalue weighted by atomic mass is 79.9. The van der Waals surface area contributed by atoms with Crippen LogP contribution in [0.1, 0.15) is 16.8 Å². The van der Waals surface area contributed by atoms with Gasteiger partial charge in [0.25, 0.3) is 5.91 Å². The first-order valence-corrected chi connectivity index (χ1v) is 9.67. The number of amides is 1. The number of likely N-dealkylation sites (tertiary alicyclic amines) is 1. The van der Waals surface area contributed by atoms with E-state index in [-0.39, 0.29) is 12.5 Å². The molecule has 3 rings (SSSR count). The molecular weight excluding hydrogens is 378 g/mol. The molecule has 0 bridgehead atoms. The van der Waals surface area contributed by atoms with Crippen molar-refractivity contribution in [1.29, 1.82) is 0 Å². The van der Waals surface area contributed by atoms with Gasteiger partial charge >= 0.3 is 0 Å². The van der Waals surface area contributed by atoms with Gasteiger partial charge in [-0.2, -0.15) is 0 Å². The van der Waals surface area contributed by atoms with E-state index in [1.165, 1.54) is 0 Å². The van der Waals surface area contributed by atoms with Crippen LogP contribution in [0.2, 0.25) is 0 Å². The Hall–Kier alpha value is -1.66. The number of rotatable bonds is 3. The first kappa shape index (κ1) is 16.2. The van der Waals surface area contributed by atoms with Gasteiger partial charge in [-0.1, -0.05) is 30.3 Å². The molecule has 0 aliphatic carbocycles. The third kappa shape index (κ3) is 3.19. The summed E-state index contributed by atoms with van der Waals surface area (Å²) in [6, 6.07) is 15.6. The minimum absolute atomic E-state index is 0.136. The van der Waals surface area contributed by atoms with Crippen molar-refractivity contribution in [3.63, 3.8) is 0 Å². The fraction of sp³-hybridized carbons (Fsp3) is 0.235. The van der Waals surface area contributed by atoms with Gasteiger partial charge in [0.15, 0.2) is 9.84 Å². The Bertz CT molecular complexity index is 821. The number of hydrogen-bond acceptors (Lipinski definition) is 3. The summed E-state index contributed by atoms with van der Waals surface area (Å²) < 4.78 is 26.0. The van der Waals surface area contributed by atoms with Crippen molar-refractivity contribution in [3.05, 3.63) is 64.6 Å². The maximum absolute atomic E-state index is 12.7. The molecular formula is C17H16BrNO3S. The van der Waals surface area contributed by atoms with Crippen molar-refractivity contribution >= 4 is 31.7 Å². The molecule has 4 nitrogen and oxygen atoms in total. The van der Waals surface area contributed by atoms with Crippen LogP contribution in [0.25, 0.3) is 0 Å². The van der Waals surface area contributed by atoms with Crippen LogP contribution in [-0.2, 0) is 9.84 Å². The van der Waals surface area contributed by atoms with E-state index in [2.05, 4.69) is 15.9 Å². The Morgan fingerprint density at radius 1 is 1.04 bits per heavy atom. The molecule has 1 aliphatic rings. The zero-order valence-corrected chi connectivity index (χ0v) is 14.8. The van der Waals surface area contributed by atoms with E-state index in [4.69, 9.17) is 0 Å². The van der Waals surface area contributed by atoms with Gasteiger partial charge in [0.05, 0.1) is 15.7 Å². The van der Waals surface area contributed by atoms with Gasteiger partial charge in [-0.3, -0.25) is 4.79 Å². The normalized spacial score (nSPS) is 18.1. The standard InChI is InChI=1S/C17H16BrNO3S/c18-16-9-5-4-8-15(16)17(20)19-11-10-14(12-19)23(21,22)13-6-2-1-3-7-13/h1-9,14H,10-12H2. The number of carbonyl (C=O) groups is 1. The van der Waals surface area contributed by atoms with Crippen LogP contribution in [0.3, 0.4) is 0 Å². The average molecular weight is 394 g/mol. The molecule has 0 spiro atoms. The lowest BCUT2D eigenvalue weighted by atomic mass is 10.2. The zero-order valence-electron chi connectivity index (χ0n) is 12.4. The third-order valence-corrected chi connectivity index (χ3v) is 6.93. The highest BCUT2D eigenvalue weighted by Gasteiger charge is 2.36. The van der Waals surface area contributed by atoms with Gasteiger partial charge in [0, 0.05) is 17.6 Å². The molecule has 1 heterocycles. The van der Waals surface area contributed by atoms with E-state index in [1.54, 1.807) is 47.4 Å². The van der Waals surface area contributed by atoms with Crippen LogP contribution >= 0.6 is 15.9 Å². The Kier molecular flexibility index (Phi) is 4.55. The topological polar surface area (TPSA) is 54.5 Å². The Morgan fingerprint density at radius 2 is 1.70 bits per heavy atom. The van der Waals surface area contributed by atoms with Crippen molar-refractivity contribution in [2.45, 2.75) is 16.6 Å². The molecule has 0 radical (unpaired) electrons. The summed E-state index contributed by atoms with van der Waals surface area (Å²) in [7, 11) is -3.40. The molecule has 0 N–H and O–H groups in total. The molecule has 120 valence electrons. The molecule has 6 heteroatoms. The Balaban J connectivity index is 1.79. The number of sulfone groups is 1. The quantitative estimate of drug-likeness (QED) is 0.804. The van der Waals surface area contributed by atoms with Gasteiger partial charge in [-0.25, -0.2) is 8.42 Å². The van der Waals surface area contributed by atoms with E-state index in [9.17, 15) is 13.2 Å². The summed E-state index contributed by atoms with van der Waals surface area (Å²) >= 11 is 3.37. The van der Waals surface area contributed by atoms with Crippen LogP contribution in [0, 0.1) is 0 Å². The molecule has 0 saturated carbocycles. The van der Waals surface area contributed by atoms with Crippen LogP contribution in [0.5, 0.6) is 0 Å². The highest BCUT2D eigenvalue weighted by Crippen LogP contribution is 2.26. The minimum atomic E-state index is -3.40. The summed E-state index contributed by atoms with van der Waals surface area (Å²) in [4.78, 5) is 14.5. The fourth-order valence-electron chi connectivity index (χ4n) is 2.77. The zero-order chi connectivity index (χ0) is 16.4. The molecule has 1 saturated heterocycles. The van der Waals surface area contributed by atoms with Crippen molar-refractivity contribution in [1.82, 2.24) is 4.90 Å². The molecule has 2 aromatic rings. The molecule has 1 amide bonds. The predicted octanol–water partition coefficient (Wildman–Crippen LogP) is 3.14. The summed E-state index contributed by atoms with van der Waals surface area (Å²) in [5.74, 6) is -0.136. The smallest absolute Gasteiger partial charge is 0.255 e. The van der Waals surface area contributed by atoms with E-state index in [0.29, 0.717) is 23.4 Å². The maximum atomic E-state index is 12.7. The highest BCUT2D eigenvalue weighted by molar-refractivity contribution is 9.10. The molecule has 2 aromatic carbocycles. The average Bonchev–Trinajstić information content (AvgIpc) is 3.06. The number of benzene rings is 2. The number of carbonyl (C=O) groups excluding carboxylic acids is 1. The molecule has 1 fully saturated rings. The Labute approximate surface area is 144 Å². The minimum Gasteiger partial charge on any atom is -0.337 e. The van der Waals surface area contributed by atoms with Gasteiger partial charge in [-0.05, 0) is 46.6 Å². The lowest BCUT2D eigenvalue weighted by Gasteiger charge is -2.17. The van der Waals surface area contributed by atoms with Crippen LogP contribution in [0.15, 0.2) is 64.0 Å². The lowest BCUT2D eigenvalue weighted by Crippen LogP contribution is -2.32. The first-order valence-electron chi connectivity index (χ1n) is 7.33. The van der Waals surface area contributed by atoms with E-state index < -0.39 is 15.1 Å². The van der Waals surface area contributed by atoms with Crippen LogP contribution in [-0.4, -0.2) is 37.6 Å². The lowest BCUT2D eigenvalue weighted by molar-refractivity contribution is 0.0792. The van der Waals surface area contributed by atoms with Crippen molar-refractivity contribution in [3.8, 4) is 0 Å². The molecule has 0 aromatic heterocycles. The SMILES string of the molecule is O=C(c1ccccc1Br)N1CCC(S(=O)(=O)c2ccccc2)C1. The second-order valence-corrected chi connectivity index (χ2v) is 8.58. The Morgan fingerprint density at radius 3 is 2.39 bits per heavy atom. The summed E-state index contributed by atoms with van der Waals surface area (Å²) in [6.45, 7) is 0.689. The monoisotopic (exact) mass is 393 g/mol. The van der Waals surface area contributed by atoms with Crippen molar-refractivity contribution in [2.75, 3.05) is 13.1 Å².